The van der Waals surface area contributed by atoms with Crippen molar-refractivity contribution < 1.29 is 19.1 Å². The molecule has 0 radical (unpaired) electrons. The highest BCUT2D eigenvalue weighted by molar-refractivity contribution is 6.06. The fourth-order valence-corrected chi connectivity index (χ4v) is 2.02. The Labute approximate surface area is 125 Å². The maximum Gasteiger partial charge on any atom is 0.324 e. The molecule has 0 spiro atoms. The van der Waals surface area contributed by atoms with Crippen LogP contribution in [0.1, 0.15) is 26.3 Å². The first-order chi connectivity index (χ1) is 9.80. The van der Waals surface area contributed by atoms with E-state index in [1.54, 1.807) is 0 Å². The molecule has 1 rings (SSSR count). The van der Waals surface area contributed by atoms with Gasteiger partial charge in [-0.2, -0.15) is 0 Å². The molecule has 21 heavy (non-hydrogen) atoms. The number of benzene rings is 1. The Hall–Kier alpha value is -2.10. The average molecular weight is 290 g/mol. The Balaban J connectivity index is 3.43. The second-order valence-corrected chi connectivity index (χ2v) is 5.81. The van der Waals surface area contributed by atoms with E-state index >= 15 is 0 Å². The summed E-state index contributed by atoms with van der Waals surface area (Å²) < 4.78 is 9.54. The minimum Gasteiger partial charge on any atom is -0.468 e. The van der Waals surface area contributed by atoms with Crippen molar-refractivity contribution in [3.05, 3.63) is 42.0 Å². The largest absolute Gasteiger partial charge is 0.468 e. The maximum atomic E-state index is 12.0. The first kappa shape index (κ1) is 17.0. The van der Waals surface area contributed by atoms with E-state index in [4.69, 9.17) is 9.47 Å². The smallest absolute Gasteiger partial charge is 0.324 e. The Morgan fingerprint density at radius 2 is 1.48 bits per heavy atom. The van der Waals surface area contributed by atoms with E-state index in [1.165, 1.54) is 14.2 Å². The quantitative estimate of drug-likeness (QED) is 0.631. The van der Waals surface area contributed by atoms with Crippen LogP contribution in [0.3, 0.4) is 0 Å². The van der Waals surface area contributed by atoms with Crippen LogP contribution in [-0.2, 0) is 19.1 Å². The van der Waals surface area contributed by atoms with Gasteiger partial charge in [-0.05, 0) is 16.6 Å². The SMILES string of the molecule is COC(=O)C(C(=O)OC)/C(=C/C(C)(C)C)c1ccccc1. The van der Waals surface area contributed by atoms with E-state index < -0.39 is 17.9 Å². The van der Waals surface area contributed by atoms with Crippen LogP contribution in [0.25, 0.3) is 5.57 Å². The molecule has 0 unspecified atom stereocenters. The number of esters is 2. The number of carbonyl (C=O) groups is 2. The van der Waals surface area contributed by atoms with Gasteiger partial charge in [0.15, 0.2) is 5.92 Å². The number of ether oxygens (including phenoxy) is 2. The van der Waals surface area contributed by atoms with E-state index in [-0.39, 0.29) is 5.41 Å². The maximum absolute atomic E-state index is 12.0. The summed E-state index contributed by atoms with van der Waals surface area (Å²) in [5.41, 5.74) is 1.20. The molecule has 1 aromatic carbocycles. The summed E-state index contributed by atoms with van der Waals surface area (Å²) in [6.45, 7) is 6.00. The lowest BCUT2D eigenvalue weighted by atomic mass is 9.84. The summed E-state index contributed by atoms with van der Waals surface area (Å²) in [4.78, 5) is 24.1. The van der Waals surface area contributed by atoms with Crippen LogP contribution in [0.2, 0.25) is 0 Å². The molecule has 0 saturated carbocycles. The summed E-state index contributed by atoms with van der Waals surface area (Å²) in [5, 5.41) is 0. The first-order valence-corrected chi connectivity index (χ1v) is 6.74. The highest BCUT2D eigenvalue weighted by atomic mass is 16.5. The summed E-state index contributed by atoms with van der Waals surface area (Å²) in [6.07, 6.45) is 1.90. The molecule has 0 N–H and O–H groups in total. The van der Waals surface area contributed by atoms with Crippen molar-refractivity contribution in [1.29, 1.82) is 0 Å². The molecule has 0 bridgehead atoms. The van der Waals surface area contributed by atoms with E-state index in [9.17, 15) is 9.59 Å². The highest BCUT2D eigenvalue weighted by Gasteiger charge is 2.34. The number of allylic oxidation sites excluding steroid dienone is 1. The first-order valence-electron chi connectivity index (χ1n) is 6.74. The second-order valence-electron chi connectivity index (χ2n) is 5.81. The molecule has 0 amide bonds. The predicted octanol–water partition coefficient (Wildman–Crippen LogP) is 3.08. The molecule has 114 valence electrons. The van der Waals surface area contributed by atoms with Gasteiger partial charge in [0.2, 0.25) is 0 Å². The minimum atomic E-state index is -1.08. The van der Waals surface area contributed by atoms with E-state index in [0.29, 0.717) is 5.57 Å². The zero-order valence-electron chi connectivity index (χ0n) is 13.2. The number of hydrogen-bond acceptors (Lipinski definition) is 4. The van der Waals surface area contributed by atoms with Gasteiger partial charge in [-0.15, -0.1) is 0 Å². The summed E-state index contributed by atoms with van der Waals surface area (Å²) in [6, 6.07) is 9.31. The molecular formula is C17H22O4. The monoisotopic (exact) mass is 290 g/mol. The van der Waals surface area contributed by atoms with Crippen molar-refractivity contribution in [2.24, 2.45) is 11.3 Å². The van der Waals surface area contributed by atoms with Gasteiger partial charge in [-0.25, -0.2) is 0 Å². The summed E-state index contributed by atoms with van der Waals surface area (Å²) >= 11 is 0. The third-order valence-electron chi connectivity index (χ3n) is 2.88. The normalized spacial score (nSPS) is 12.2. The van der Waals surface area contributed by atoms with Crippen LogP contribution in [0.4, 0.5) is 0 Å². The third-order valence-corrected chi connectivity index (χ3v) is 2.88. The number of carbonyl (C=O) groups excluding carboxylic acids is 2. The summed E-state index contributed by atoms with van der Waals surface area (Å²) in [5.74, 6) is -2.33. The Morgan fingerprint density at radius 1 is 1.00 bits per heavy atom. The van der Waals surface area contributed by atoms with Crippen LogP contribution in [-0.4, -0.2) is 26.2 Å². The molecule has 0 aromatic heterocycles. The van der Waals surface area contributed by atoms with Crippen LogP contribution in [0.15, 0.2) is 36.4 Å². The van der Waals surface area contributed by atoms with E-state index in [2.05, 4.69) is 0 Å². The zero-order valence-corrected chi connectivity index (χ0v) is 13.2. The summed E-state index contributed by atoms with van der Waals surface area (Å²) in [7, 11) is 2.52. The molecule has 0 aliphatic rings. The van der Waals surface area contributed by atoms with Crippen LogP contribution >= 0.6 is 0 Å². The lowest BCUT2D eigenvalue weighted by Gasteiger charge is -2.21. The minimum absolute atomic E-state index is 0.203. The molecular weight excluding hydrogens is 268 g/mol. The van der Waals surface area contributed by atoms with Crippen LogP contribution in [0.5, 0.6) is 0 Å². The molecule has 0 heterocycles. The van der Waals surface area contributed by atoms with E-state index in [0.717, 1.165) is 5.56 Å². The lowest BCUT2D eigenvalue weighted by Crippen LogP contribution is -2.28. The molecule has 0 aliphatic heterocycles. The van der Waals surface area contributed by atoms with Gasteiger partial charge < -0.3 is 9.47 Å². The fourth-order valence-electron chi connectivity index (χ4n) is 2.02. The van der Waals surface area contributed by atoms with Gasteiger partial charge in [-0.3, -0.25) is 9.59 Å². The van der Waals surface area contributed by atoms with Crippen molar-refractivity contribution in [2.45, 2.75) is 20.8 Å². The van der Waals surface area contributed by atoms with Crippen molar-refractivity contribution >= 4 is 17.5 Å². The Kier molecular flexibility index (Phi) is 5.70. The van der Waals surface area contributed by atoms with Crippen LogP contribution < -0.4 is 0 Å². The molecule has 4 nitrogen and oxygen atoms in total. The lowest BCUT2D eigenvalue weighted by molar-refractivity contribution is -0.155. The number of methoxy groups -OCH3 is 2. The van der Waals surface area contributed by atoms with Crippen molar-refractivity contribution in [3.63, 3.8) is 0 Å². The molecule has 1 aromatic rings. The Bertz CT molecular complexity index is 507. The number of rotatable bonds is 4. The Morgan fingerprint density at radius 3 is 1.86 bits per heavy atom. The van der Waals surface area contributed by atoms with Crippen molar-refractivity contribution in [2.75, 3.05) is 14.2 Å². The number of hydrogen-bond donors (Lipinski definition) is 0. The van der Waals surface area contributed by atoms with Crippen molar-refractivity contribution in [3.8, 4) is 0 Å². The molecule has 0 saturated heterocycles. The van der Waals surface area contributed by atoms with Crippen LogP contribution in [0, 0.1) is 11.3 Å². The molecule has 0 atom stereocenters. The van der Waals surface area contributed by atoms with Gasteiger partial charge in [0.05, 0.1) is 14.2 Å². The zero-order chi connectivity index (χ0) is 16.0. The van der Waals surface area contributed by atoms with Crippen molar-refractivity contribution in [1.82, 2.24) is 0 Å². The van der Waals surface area contributed by atoms with Gasteiger partial charge in [0.25, 0.3) is 0 Å². The van der Waals surface area contributed by atoms with E-state index in [1.807, 2.05) is 57.2 Å². The van der Waals surface area contributed by atoms with Gasteiger partial charge >= 0.3 is 11.9 Å². The average Bonchev–Trinajstić information content (AvgIpc) is 2.45. The molecule has 0 fully saturated rings. The van der Waals surface area contributed by atoms with Gasteiger partial charge in [0.1, 0.15) is 0 Å². The standard InChI is InChI=1S/C17H22O4/c1-17(2,3)11-13(12-9-7-6-8-10-12)14(15(18)20-4)16(19)21-5/h6-11,14H,1-5H3/b13-11+. The molecule has 0 aliphatic carbocycles. The molecule has 4 heteroatoms. The third kappa shape index (κ3) is 4.74. The fraction of sp³-hybridized carbons (Fsp3) is 0.412. The second kappa shape index (κ2) is 7.07. The highest BCUT2D eigenvalue weighted by Crippen LogP contribution is 2.31. The van der Waals surface area contributed by atoms with Gasteiger partial charge in [-0.1, -0.05) is 57.2 Å². The topological polar surface area (TPSA) is 52.6 Å². The predicted molar refractivity (Wildman–Crippen MR) is 81.4 cm³/mol. The van der Waals surface area contributed by atoms with Gasteiger partial charge in [0, 0.05) is 0 Å².